The normalized spacial score (nSPS) is 11.0. The Morgan fingerprint density at radius 3 is 2.19 bits per heavy atom. The van der Waals surface area contributed by atoms with E-state index in [9.17, 15) is 9.59 Å². The Morgan fingerprint density at radius 2 is 1.63 bits per heavy atom. The van der Waals surface area contributed by atoms with Crippen LogP contribution < -0.4 is 10.6 Å². The summed E-state index contributed by atoms with van der Waals surface area (Å²) in [6.07, 6.45) is 1.44. The number of aromatic nitrogens is 2. The first-order valence-electron chi connectivity index (χ1n) is 8.89. The molecule has 0 radical (unpaired) electrons. The topological polar surface area (TPSA) is 87.2 Å². The van der Waals surface area contributed by atoms with Crippen molar-refractivity contribution in [1.29, 1.82) is 0 Å². The first-order valence-corrected chi connectivity index (χ1v) is 8.89. The molecule has 2 aromatic rings. The molecule has 0 atom stereocenters. The number of likely N-dealkylation sites (N-methyl/N-ethyl adjacent to an activating group) is 1. The van der Waals surface area contributed by atoms with Gasteiger partial charge in [0.05, 0.1) is 0 Å². The van der Waals surface area contributed by atoms with Crippen LogP contribution in [-0.4, -0.2) is 39.8 Å². The average Bonchev–Trinajstić information content (AvgIpc) is 2.65. The van der Waals surface area contributed by atoms with Gasteiger partial charge in [-0.05, 0) is 45.9 Å². The number of hydrogen-bond donors (Lipinski definition) is 2. The smallest absolute Gasteiger partial charge is 0.271 e. The predicted molar refractivity (Wildman–Crippen MR) is 105 cm³/mol. The predicted octanol–water partition coefficient (Wildman–Crippen LogP) is 2.65. The van der Waals surface area contributed by atoms with E-state index in [1.807, 2.05) is 39.8 Å². The van der Waals surface area contributed by atoms with Crippen molar-refractivity contribution in [3.8, 4) is 0 Å². The molecule has 7 nitrogen and oxygen atoms in total. The van der Waals surface area contributed by atoms with Gasteiger partial charge in [-0.15, -0.1) is 0 Å². The van der Waals surface area contributed by atoms with E-state index in [0.717, 1.165) is 11.4 Å². The van der Waals surface area contributed by atoms with Crippen molar-refractivity contribution in [1.82, 2.24) is 20.2 Å². The summed E-state index contributed by atoms with van der Waals surface area (Å²) in [6, 6.07) is 10.6. The van der Waals surface area contributed by atoms with E-state index < -0.39 is 0 Å². The van der Waals surface area contributed by atoms with Crippen LogP contribution in [0.15, 0.2) is 48.3 Å². The molecule has 0 aliphatic heterocycles. The van der Waals surface area contributed by atoms with Gasteiger partial charge in [0.1, 0.15) is 5.70 Å². The van der Waals surface area contributed by atoms with Crippen molar-refractivity contribution in [2.45, 2.75) is 27.7 Å². The van der Waals surface area contributed by atoms with Crippen molar-refractivity contribution in [3.63, 3.8) is 0 Å². The van der Waals surface area contributed by atoms with Crippen LogP contribution in [0.2, 0.25) is 0 Å². The van der Waals surface area contributed by atoms with E-state index in [-0.39, 0.29) is 17.5 Å². The lowest BCUT2D eigenvalue weighted by atomic mass is 10.2. The highest BCUT2D eigenvalue weighted by Crippen LogP contribution is 2.07. The fourth-order valence-corrected chi connectivity index (χ4v) is 2.54. The van der Waals surface area contributed by atoms with Crippen LogP contribution in [0, 0.1) is 13.8 Å². The summed E-state index contributed by atoms with van der Waals surface area (Å²) in [5, 5.41) is 5.62. The van der Waals surface area contributed by atoms with Crippen molar-refractivity contribution in [3.05, 3.63) is 65.2 Å². The Labute approximate surface area is 159 Å². The van der Waals surface area contributed by atoms with Gasteiger partial charge in [-0.2, -0.15) is 0 Å². The molecular weight excluding hydrogens is 342 g/mol. The molecular formula is C20H25N5O2. The molecule has 1 aromatic carbocycles. The van der Waals surface area contributed by atoms with Gasteiger partial charge < -0.3 is 15.5 Å². The standard InChI is InChI=1S/C20H25N5O2/c1-5-25(6-2)19(27)17(24-18(26)16-10-8-7-9-11-16)13-21-20-22-14(3)12-15(4)23-20/h7-13H,5-6H2,1-4H3,(H,24,26)(H,21,22,23)/b17-13-. The Hall–Kier alpha value is -3.22. The molecule has 0 saturated heterocycles. The van der Waals surface area contributed by atoms with Crippen LogP contribution >= 0.6 is 0 Å². The SMILES string of the molecule is CCN(CC)C(=O)/C(=C/Nc1nc(C)cc(C)n1)NC(=O)c1ccccc1. The number of nitrogens with zero attached hydrogens (tertiary/aromatic N) is 3. The highest BCUT2D eigenvalue weighted by molar-refractivity contribution is 6.02. The summed E-state index contributed by atoms with van der Waals surface area (Å²) in [6.45, 7) is 8.57. The highest BCUT2D eigenvalue weighted by Gasteiger charge is 2.19. The number of carbonyl (C=O) groups excluding carboxylic acids is 2. The van der Waals surface area contributed by atoms with Crippen LogP contribution in [-0.2, 0) is 4.79 Å². The zero-order valence-corrected chi connectivity index (χ0v) is 16.1. The Kier molecular flexibility index (Phi) is 7.05. The van der Waals surface area contributed by atoms with Crippen LogP contribution in [0.4, 0.5) is 5.95 Å². The number of amides is 2. The number of anilines is 1. The molecule has 0 aliphatic rings. The molecule has 27 heavy (non-hydrogen) atoms. The van der Waals surface area contributed by atoms with Crippen molar-refractivity contribution >= 4 is 17.8 Å². The summed E-state index contributed by atoms with van der Waals surface area (Å²) >= 11 is 0. The molecule has 0 fully saturated rings. The molecule has 7 heteroatoms. The Balaban J connectivity index is 2.28. The van der Waals surface area contributed by atoms with Crippen LogP contribution in [0.3, 0.4) is 0 Å². The minimum atomic E-state index is -0.356. The Morgan fingerprint density at radius 1 is 1.04 bits per heavy atom. The summed E-state index contributed by atoms with van der Waals surface area (Å²) < 4.78 is 0. The van der Waals surface area contributed by atoms with Crippen molar-refractivity contribution < 1.29 is 9.59 Å². The van der Waals surface area contributed by atoms with E-state index in [0.29, 0.717) is 24.6 Å². The lowest BCUT2D eigenvalue weighted by molar-refractivity contribution is -0.127. The summed E-state index contributed by atoms with van der Waals surface area (Å²) in [5.74, 6) is -0.266. The minimum Gasteiger partial charge on any atom is -0.338 e. The van der Waals surface area contributed by atoms with E-state index in [1.165, 1.54) is 6.20 Å². The lowest BCUT2D eigenvalue weighted by Gasteiger charge is -2.21. The van der Waals surface area contributed by atoms with Gasteiger partial charge in [0, 0.05) is 36.2 Å². The molecule has 1 heterocycles. The van der Waals surface area contributed by atoms with Gasteiger partial charge >= 0.3 is 0 Å². The van der Waals surface area contributed by atoms with Crippen LogP contribution in [0.1, 0.15) is 35.6 Å². The maximum absolute atomic E-state index is 12.8. The van der Waals surface area contributed by atoms with Crippen LogP contribution in [0.5, 0.6) is 0 Å². The second-order valence-corrected chi connectivity index (χ2v) is 5.97. The van der Waals surface area contributed by atoms with Gasteiger partial charge in [-0.1, -0.05) is 18.2 Å². The monoisotopic (exact) mass is 367 g/mol. The number of hydrogen-bond acceptors (Lipinski definition) is 5. The Bertz CT molecular complexity index is 809. The largest absolute Gasteiger partial charge is 0.338 e. The second kappa shape index (κ2) is 9.47. The second-order valence-electron chi connectivity index (χ2n) is 5.97. The molecule has 1 aromatic heterocycles. The van der Waals surface area contributed by atoms with Crippen molar-refractivity contribution in [2.24, 2.45) is 0 Å². The summed E-state index contributed by atoms with van der Waals surface area (Å²) in [7, 11) is 0. The fraction of sp³-hybridized carbons (Fsp3) is 0.300. The summed E-state index contributed by atoms with van der Waals surface area (Å²) in [5.41, 5.74) is 2.22. The molecule has 0 saturated carbocycles. The van der Waals surface area contributed by atoms with E-state index >= 15 is 0 Å². The first kappa shape index (κ1) is 20.1. The molecule has 0 aliphatic carbocycles. The molecule has 0 spiro atoms. The van der Waals surface area contributed by atoms with Gasteiger partial charge in [-0.25, -0.2) is 9.97 Å². The molecule has 2 amide bonds. The molecule has 142 valence electrons. The van der Waals surface area contributed by atoms with Gasteiger partial charge in [0.25, 0.3) is 11.8 Å². The quantitative estimate of drug-likeness (QED) is 0.735. The number of nitrogens with one attached hydrogen (secondary N) is 2. The molecule has 2 N–H and O–H groups in total. The number of carbonyl (C=O) groups is 2. The first-order chi connectivity index (χ1) is 12.9. The maximum Gasteiger partial charge on any atom is 0.271 e. The third-order valence-electron chi connectivity index (χ3n) is 3.89. The minimum absolute atomic E-state index is 0.135. The molecule has 2 rings (SSSR count). The number of benzene rings is 1. The highest BCUT2D eigenvalue weighted by atomic mass is 16.2. The zero-order valence-electron chi connectivity index (χ0n) is 16.1. The number of rotatable bonds is 7. The van der Waals surface area contributed by atoms with Crippen molar-refractivity contribution in [2.75, 3.05) is 18.4 Å². The van der Waals surface area contributed by atoms with E-state index in [4.69, 9.17) is 0 Å². The van der Waals surface area contributed by atoms with Gasteiger partial charge in [0.2, 0.25) is 5.95 Å². The third kappa shape index (κ3) is 5.64. The zero-order chi connectivity index (χ0) is 19.8. The third-order valence-corrected chi connectivity index (χ3v) is 3.89. The van der Waals surface area contributed by atoms with Crippen LogP contribution in [0.25, 0.3) is 0 Å². The molecule has 0 bridgehead atoms. The summed E-state index contributed by atoms with van der Waals surface area (Å²) in [4.78, 5) is 35.5. The number of aryl methyl sites for hydroxylation is 2. The van der Waals surface area contributed by atoms with E-state index in [2.05, 4.69) is 20.6 Å². The lowest BCUT2D eigenvalue weighted by Crippen LogP contribution is -2.38. The fourth-order valence-electron chi connectivity index (χ4n) is 2.54. The van der Waals surface area contributed by atoms with Gasteiger partial charge in [-0.3, -0.25) is 9.59 Å². The van der Waals surface area contributed by atoms with Gasteiger partial charge in [0.15, 0.2) is 0 Å². The van der Waals surface area contributed by atoms with E-state index in [1.54, 1.807) is 29.2 Å². The average molecular weight is 367 g/mol. The maximum atomic E-state index is 12.8. The molecule has 0 unspecified atom stereocenters.